The summed E-state index contributed by atoms with van der Waals surface area (Å²) in [5.41, 5.74) is 3.61. The highest BCUT2D eigenvalue weighted by molar-refractivity contribution is 7.19. The molecule has 1 aliphatic carbocycles. The van der Waals surface area contributed by atoms with E-state index in [4.69, 9.17) is 9.97 Å². The number of hydrogen-bond donors (Lipinski definition) is 1. The first-order valence-electron chi connectivity index (χ1n) is 14.7. The van der Waals surface area contributed by atoms with Crippen molar-refractivity contribution >= 4 is 43.7 Å². The van der Waals surface area contributed by atoms with Gasteiger partial charge in [0, 0.05) is 50.7 Å². The average molecular weight is 600 g/mol. The highest BCUT2D eigenvalue weighted by Crippen LogP contribution is 2.35. The van der Waals surface area contributed by atoms with Gasteiger partial charge in [0.15, 0.2) is 11.5 Å². The molecule has 224 valence electrons. The third-order valence-corrected chi connectivity index (χ3v) is 8.98. The predicted octanol–water partition coefficient (Wildman–Crippen LogP) is 3.53. The van der Waals surface area contributed by atoms with Gasteiger partial charge in [-0.25, -0.2) is 19.3 Å². The van der Waals surface area contributed by atoms with Crippen molar-refractivity contribution in [1.82, 2.24) is 34.5 Å². The van der Waals surface area contributed by atoms with Crippen molar-refractivity contribution < 1.29 is 4.79 Å². The van der Waals surface area contributed by atoms with Crippen LogP contribution in [0.2, 0.25) is 0 Å². The third-order valence-electron chi connectivity index (χ3n) is 8.46. The van der Waals surface area contributed by atoms with Gasteiger partial charge in [-0.3, -0.25) is 14.3 Å². The first-order valence-corrected chi connectivity index (χ1v) is 15.2. The third kappa shape index (κ3) is 5.43. The number of amides is 1. The van der Waals surface area contributed by atoms with Crippen LogP contribution in [0.5, 0.6) is 0 Å². The second-order valence-electron chi connectivity index (χ2n) is 11.6. The van der Waals surface area contributed by atoms with Crippen LogP contribution in [0.25, 0.3) is 16.9 Å². The second kappa shape index (κ2) is 11.5. The van der Waals surface area contributed by atoms with Crippen molar-refractivity contribution in [2.24, 2.45) is 0 Å². The van der Waals surface area contributed by atoms with E-state index in [1.165, 1.54) is 12.6 Å². The minimum Gasteiger partial charge on any atom is -0.369 e. The van der Waals surface area contributed by atoms with Crippen molar-refractivity contribution in [3.63, 3.8) is 0 Å². The summed E-state index contributed by atoms with van der Waals surface area (Å²) in [6.45, 7) is 11.8. The first-order chi connectivity index (χ1) is 20.7. The molecule has 1 amide bonds. The summed E-state index contributed by atoms with van der Waals surface area (Å²) >= 11 is 0. The normalized spacial score (nSPS) is 18.8. The summed E-state index contributed by atoms with van der Waals surface area (Å²) in [4.78, 5) is 44.9. The molecular weight excluding hydrogens is 561 g/mol. The molecule has 12 heteroatoms. The van der Waals surface area contributed by atoms with Crippen LogP contribution in [0.4, 0.5) is 17.3 Å². The summed E-state index contributed by atoms with van der Waals surface area (Å²) in [5.74, 6) is 0.866. The SMILES string of the molecule is C=CCn1c(=O)c2cnc(N(P)c3ccc(N4CCN(C)CC4)cc3)nc2n1-c1ccc2c(n1)[C@@](C)(NC(C)=O)CCC2. The standard InChI is InChI=1S/C31H38N9O2P/c1-5-15-38-29(42)25-20-32-30(40(43)24-11-9-23(10-12-24)37-18-16-36(4)17-19-37)34-28(25)39(38)26-13-8-22-7-6-14-31(3,27(22)33-26)35-21(2)41/h5,8-13,20H,1,6-7,14-19,43H2,2-4H3,(H,35,41)/t31-/m0/s1. The Balaban J connectivity index is 1.40. The number of nitrogens with one attached hydrogen (secondary N) is 1. The number of anilines is 3. The number of carbonyl (C=O) groups is 1. The van der Waals surface area contributed by atoms with Gasteiger partial charge in [0.1, 0.15) is 5.39 Å². The lowest BCUT2D eigenvalue weighted by Crippen LogP contribution is -2.45. The first kappa shape index (κ1) is 29.0. The number of benzene rings is 1. The number of rotatable bonds is 7. The summed E-state index contributed by atoms with van der Waals surface area (Å²) in [6, 6.07) is 12.3. The lowest BCUT2D eigenvalue weighted by molar-refractivity contribution is -0.121. The maximum Gasteiger partial charge on any atom is 0.278 e. The summed E-state index contributed by atoms with van der Waals surface area (Å²) in [7, 11) is 4.84. The second-order valence-corrected chi connectivity index (χ2v) is 12.1. The molecule has 1 unspecified atom stereocenters. The Hall–Kier alpha value is -4.08. The number of likely N-dealkylation sites (N-methyl/N-ethyl adjacent to an activating group) is 1. The summed E-state index contributed by atoms with van der Waals surface area (Å²) in [6.07, 6.45) is 5.87. The molecule has 0 radical (unpaired) electrons. The van der Waals surface area contributed by atoms with E-state index in [-0.39, 0.29) is 18.0 Å². The van der Waals surface area contributed by atoms with Crippen LogP contribution in [0, 0.1) is 0 Å². The van der Waals surface area contributed by atoms with Crippen LogP contribution >= 0.6 is 9.39 Å². The summed E-state index contributed by atoms with van der Waals surface area (Å²) < 4.78 is 5.14. The van der Waals surface area contributed by atoms with E-state index < -0.39 is 5.54 Å². The van der Waals surface area contributed by atoms with Gasteiger partial charge in [-0.05, 0) is 78.5 Å². The van der Waals surface area contributed by atoms with Gasteiger partial charge >= 0.3 is 0 Å². The molecule has 2 atom stereocenters. The van der Waals surface area contributed by atoms with Crippen molar-refractivity contribution in [2.45, 2.75) is 45.2 Å². The Bertz CT molecular complexity index is 1740. The fourth-order valence-corrected chi connectivity index (χ4v) is 6.49. The molecule has 0 spiro atoms. The number of hydrogen-bond acceptors (Lipinski definition) is 8. The minimum atomic E-state index is -0.602. The number of aryl methyl sites for hydroxylation is 1. The Morgan fingerprint density at radius 1 is 1.14 bits per heavy atom. The van der Waals surface area contributed by atoms with E-state index in [9.17, 15) is 9.59 Å². The quantitative estimate of drug-likeness (QED) is 0.254. The van der Waals surface area contributed by atoms with Crippen LogP contribution < -0.4 is 20.4 Å². The summed E-state index contributed by atoms with van der Waals surface area (Å²) in [5, 5.41) is 3.50. The molecule has 3 aromatic heterocycles. The van der Waals surface area contributed by atoms with Crippen LogP contribution in [0.15, 0.2) is 60.0 Å². The Labute approximate surface area is 253 Å². The van der Waals surface area contributed by atoms with Gasteiger partial charge in [0.2, 0.25) is 11.9 Å². The zero-order valence-electron chi connectivity index (χ0n) is 25.0. The van der Waals surface area contributed by atoms with Crippen LogP contribution in [-0.2, 0) is 23.3 Å². The predicted molar refractivity (Wildman–Crippen MR) is 173 cm³/mol. The molecule has 1 N–H and O–H groups in total. The number of allylic oxidation sites excluding steroid dienone is 1. The van der Waals surface area contributed by atoms with E-state index in [1.54, 1.807) is 21.6 Å². The topological polar surface area (TPSA) is 104 Å². The van der Waals surface area contributed by atoms with Gasteiger partial charge < -0.3 is 15.1 Å². The van der Waals surface area contributed by atoms with Gasteiger partial charge in [0.05, 0.1) is 17.8 Å². The number of piperazine rings is 1. The van der Waals surface area contributed by atoms with Gasteiger partial charge in [-0.2, -0.15) is 4.98 Å². The van der Waals surface area contributed by atoms with Crippen molar-refractivity contribution in [2.75, 3.05) is 42.8 Å². The van der Waals surface area contributed by atoms with E-state index in [0.717, 1.165) is 62.4 Å². The molecule has 4 heterocycles. The number of carbonyl (C=O) groups excluding carboxylic acids is 1. The molecule has 2 aliphatic rings. The Morgan fingerprint density at radius 3 is 2.58 bits per heavy atom. The largest absolute Gasteiger partial charge is 0.369 e. The lowest BCUT2D eigenvalue weighted by Gasteiger charge is -2.35. The zero-order valence-corrected chi connectivity index (χ0v) is 26.1. The van der Waals surface area contributed by atoms with Crippen LogP contribution in [0.1, 0.15) is 37.9 Å². The minimum absolute atomic E-state index is 0.105. The van der Waals surface area contributed by atoms with E-state index >= 15 is 0 Å². The molecular formula is C31H38N9O2P. The number of aromatic nitrogens is 5. The van der Waals surface area contributed by atoms with Crippen molar-refractivity contribution in [1.29, 1.82) is 0 Å². The number of pyridine rings is 1. The number of nitrogens with zero attached hydrogens (tertiary/aromatic N) is 8. The number of fused-ring (bicyclic) bond motifs is 2. The van der Waals surface area contributed by atoms with Crippen LogP contribution in [0.3, 0.4) is 0 Å². The molecule has 0 bridgehead atoms. The van der Waals surface area contributed by atoms with Crippen molar-refractivity contribution in [3.8, 4) is 5.82 Å². The molecule has 43 heavy (non-hydrogen) atoms. The highest BCUT2D eigenvalue weighted by atomic mass is 31.0. The van der Waals surface area contributed by atoms with Gasteiger partial charge in [0.25, 0.3) is 5.56 Å². The molecule has 4 aromatic rings. The molecule has 1 aromatic carbocycles. The van der Waals surface area contributed by atoms with E-state index in [2.05, 4.69) is 67.4 Å². The fraction of sp³-hybridized carbons (Fsp3) is 0.387. The van der Waals surface area contributed by atoms with Crippen LogP contribution in [-0.4, -0.2) is 68.3 Å². The smallest absolute Gasteiger partial charge is 0.278 e. The zero-order chi connectivity index (χ0) is 30.3. The fourth-order valence-electron chi connectivity index (χ4n) is 6.20. The Morgan fingerprint density at radius 2 is 1.88 bits per heavy atom. The molecule has 0 saturated carbocycles. The highest BCUT2D eigenvalue weighted by Gasteiger charge is 2.35. The van der Waals surface area contributed by atoms with Gasteiger partial charge in [-0.15, -0.1) is 6.58 Å². The molecule has 1 aliphatic heterocycles. The van der Waals surface area contributed by atoms with E-state index in [0.29, 0.717) is 22.8 Å². The average Bonchev–Trinajstić information content (AvgIpc) is 3.27. The molecule has 6 rings (SSSR count). The van der Waals surface area contributed by atoms with E-state index in [1.807, 2.05) is 23.7 Å². The molecule has 1 saturated heterocycles. The maximum atomic E-state index is 13.5. The monoisotopic (exact) mass is 599 g/mol. The molecule has 11 nitrogen and oxygen atoms in total. The lowest BCUT2D eigenvalue weighted by atomic mass is 9.81. The van der Waals surface area contributed by atoms with Gasteiger partial charge in [-0.1, -0.05) is 12.1 Å². The van der Waals surface area contributed by atoms with Crippen molar-refractivity contribution in [3.05, 3.63) is 76.9 Å². The maximum absolute atomic E-state index is 13.5. The Kier molecular flexibility index (Phi) is 7.79. The molecule has 1 fully saturated rings.